The summed E-state index contributed by atoms with van der Waals surface area (Å²) in [7, 11) is 1.69. The minimum absolute atomic E-state index is 0.125. The second-order valence-electron chi connectivity index (χ2n) is 4.59. The van der Waals surface area contributed by atoms with Crippen LogP contribution in [0.25, 0.3) is 0 Å². The van der Waals surface area contributed by atoms with Gasteiger partial charge in [0.2, 0.25) is 0 Å². The second-order valence-corrected chi connectivity index (χ2v) is 4.59. The Morgan fingerprint density at radius 3 is 2.62 bits per heavy atom. The van der Waals surface area contributed by atoms with Crippen LogP contribution in [0, 0.1) is 12.7 Å². The molecule has 0 aliphatic rings. The van der Waals surface area contributed by atoms with Crippen LogP contribution in [-0.2, 0) is 6.54 Å². The van der Waals surface area contributed by atoms with Gasteiger partial charge >= 0.3 is 6.61 Å². The molecule has 0 spiro atoms. The Balaban J connectivity index is 2.25. The number of alkyl halides is 2. The van der Waals surface area contributed by atoms with Crippen LogP contribution < -0.4 is 15.4 Å². The van der Waals surface area contributed by atoms with Crippen molar-refractivity contribution in [2.24, 2.45) is 0 Å². The highest BCUT2D eigenvalue weighted by Crippen LogP contribution is 2.32. The van der Waals surface area contributed by atoms with Crippen LogP contribution in [0.15, 0.2) is 28.7 Å². The van der Waals surface area contributed by atoms with Gasteiger partial charge in [-0.3, -0.25) is 0 Å². The lowest BCUT2D eigenvalue weighted by Crippen LogP contribution is -2.18. The number of nitrogens with two attached hydrogens (primary N) is 1. The molecule has 0 saturated carbocycles. The maximum Gasteiger partial charge on any atom is 0.387 e. The molecule has 1 aromatic carbocycles. The van der Waals surface area contributed by atoms with Crippen molar-refractivity contribution >= 4 is 11.4 Å². The molecule has 0 unspecified atom stereocenters. The molecular weight excluding hydrogens is 285 g/mol. The van der Waals surface area contributed by atoms with E-state index in [9.17, 15) is 13.2 Å². The summed E-state index contributed by atoms with van der Waals surface area (Å²) in [6, 6.07) is 5.70. The molecule has 0 saturated heterocycles. The van der Waals surface area contributed by atoms with E-state index in [-0.39, 0.29) is 5.69 Å². The number of nitrogen functional groups attached to an aromatic ring is 1. The number of benzene rings is 1. The molecule has 7 heteroatoms. The van der Waals surface area contributed by atoms with E-state index in [1.54, 1.807) is 18.0 Å². The standard InChI is InChI=1S/C14H15F3N2O2/c1-8-3-4-9(20-8)7-19(2)12-6-13(21-14(16)17)10(15)5-11(12)18/h3-6,14H,7,18H2,1-2H3. The van der Waals surface area contributed by atoms with E-state index in [1.807, 2.05) is 13.0 Å². The number of anilines is 2. The van der Waals surface area contributed by atoms with Gasteiger partial charge in [0.1, 0.15) is 11.5 Å². The number of nitrogens with zero attached hydrogens (tertiary/aromatic N) is 1. The highest BCUT2D eigenvalue weighted by Gasteiger charge is 2.16. The maximum atomic E-state index is 13.5. The topological polar surface area (TPSA) is 51.6 Å². The van der Waals surface area contributed by atoms with Crippen LogP contribution in [0.2, 0.25) is 0 Å². The van der Waals surface area contributed by atoms with Gasteiger partial charge < -0.3 is 19.8 Å². The molecule has 0 bridgehead atoms. The molecule has 21 heavy (non-hydrogen) atoms. The van der Waals surface area contributed by atoms with Gasteiger partial charge in [-0.25, -0.2) is 4.39 Å². The number of hydrogen-bond donors (Lipinski definition) is 1. The normalized spacial score (nSPS) is 11.0. The number of ether oxygens (including phenoxy) is 1. The molecule has 2 N–H and O–H groups in total. The minimum Gasteiger partial charge on any atom is -0.464 e. The Morgan fingerprint density at radius 1 is 1.33 bits per heavy atom. The summed E-state index contributed by atoms with van der Waals surface area (Å²) in [5.41, 5.74) is 6.23. The molecular formula is C14H15F3N2O2. The molecule has 2 aromatic rings. The quantitative estimate of drug-likeness (QED) is 0.858. The molecule has 1 aromatic heterocycles. The molecule has 0 aliphatic heterocycles. The second kappa shape index (κ2) is 5.99. The summed E-state index contributed by atoms with van der Waals surface area (Å²) >= 11 is 0. The lowest BCUT2D eigenvalue weighted by atomic mass is 10.2. The first-order valence-corrected chi connectivity index (χ1v) is 6.17. The van der Waals surface area contributed by atoms with Gasteiger partial charge in [-0.05, 0) is 19.1 Å². The van der Waals surface area contributed by atoms with Crippen LogP contribution in [0.1, 0.15) is 11.5 Å². The van der Waals surface area contributed by atoms with Gasteiger partial charge in [-0.15, -0.1) is 0 Å². The van der Waals surface area contributed by atoms with E-state index < -0.39 is 18.2 Å². The van der Waals surface area contributed by atoms with Crippen molar-refractivity contribution in [1.29, 1.82) is 0 Å². The van der Waals surface area contributed by atoms with Crippen LogP contribution >= 0.6 is 0 Å². The molecule has 0 radical (unpaired) electrons. The Labute approximate surface area is 119 Å². The van der Waals surface area contributed by atoms with E-state index in [2.05, 4.69) is 4.74 Å². The lowest BCUT2D eigenvalue weighted by molar-refractivity contribution is -0.0521. The molecule has 114 valence electrons. The Kier molecular flexibility index (Phi) is 4.30. The van der Waals surface area contributed by atoms with Gasteiger partial charge in [0.15, 0.2) is 11.6 Å². The smallest absolute Gasteiger partial charge is 0.387 e. The summed E-state index contributed by atoms with van der Waals surface area (Å²) in [6.45, 7) is -0.934. The average molecular weight is 300 g/mol. The molecule has 0 amide bonds. The Morgan fingerprint density at radius 2 is 2.05 bits per heavy atom. The van der Waals surface area contributed by atoms with E-state index in [0.717, 1.165) is 17.9 Å². The van der Waals surface area contributed by atoms with E-state index in [4.69, 9.17) is 10.2 Å². The van der Waals surface area contributed by atoms with E-state index in [1.165, 1.54) is 0 Å². The third-order valence-electron chi connectivity index (χ3n) is 2.90. The van der Waals surface area contributed by atoms with Gasteiger partial charge in [0.05, 0.1) is 17.9 Å². The largest absolute Gasteiger partial charge is 0.464 e. The Bertz CT molecular complexity index is 629. The summed E-state index contributed by atoms with van der Waals surface area (Å²) in [4.78, 5) is 1.66. The fourth-order valence-electron chi connectivity index (χ4n) is 1.96. The van der Waals surface area contributed by atoms with Gasteiger partial charge in [-0.2, -0.15) is 8.78 Å². The molecule has 0 fully saturated rings. The molecule has 4 nitrogen and oxygen atoms in total. The average Bonchev–Trinajstić information content (AvgIpc) is 2.77. The predicted octanol–water partition coefficient (Wildman–Crippen LogP) is 3.55. The zero-order valence-corrected chi connectivity index (χ0v) is 11.6. The molecule has 1 heterocycles. The van der Waals surface area contributed by atoms with Crippen LogP contribution in [0.5, 0.6) is 5.75 Å². The zero-order chi connectivity index (χ0) is 15.6. The highest BCUT2D eigenvalue weighted by molar-refractivity contribution is 5.69. The van der Waals surface area contributed by atoms with Crippen molar-refractivity contribution in [3.05, 3.63) is 41.6 Å². The van der Waals surface area contributed by atoms with Gasteiger partial charge in [0.25, 0.3) is 0 Å². The number of rotatable bonds is 5. The molecule has 0 atom stereocenters. The fraction of sp³-hybridized carbons (Fsp3) is 0.286. The number of aryl methyl sites for hydroxylation is 1. The van der Waals surface area contributed by atoms with Crippen LogP contribution in [0.4, 0.5) is 24.5 Å². The van der Waals surface area contributed by atoms with Crippen molar-refractivity contribution in [3.8, 4) is 5.75 Å². The van der Waals surface area contributed by atoms with Crippen molar-refractivity contribution in [3.63, 3.8) is 0 Å². The first kappa shape index (κ1) is 15.1. The molecule has 2 rings (SSSR count). The first-order valence-electron chi connectivity index (χ1n) is 6.17. The first-order chi connectivity index (χ1) is 9.86. The SMILES string of the molecule is Cc1ccc(CN(C)c2cc(OC(F)F)c(F)cc2N)o1. The monoisotopic (exact) mass is 300 g/mol. The number of furan rings is 1. The Hall–Kier alpha value is -2.31. The summed E-state index contributed by atoms with van der Waals surface area (Å²) in [5, 5.41) is 0. The van der Waals surface area contributed by atoms with Crippen molar-refractivity contribution in [1.82, 2.24) is 0 Å². The van der Waals surface area contributed by atoms with Gasteiger partial charge in [-0.1, -0.05) is 0 Å². The summed E-state index contributed by atoms with van der Waals surface area (Å²) in [5.74, 6) is -0.0438. The highest BCUT2D eigenvalue weighted by atomic mass is 19.3. The zero-order valence-electron chi connectivity index (χ0n) is 11.6. The van der Waals surface area contributed by atoms with Gasteiger partial charge in [0, 0.05) is 19.2 Å². The third kappa shape index (κ3) is 3.62. The van der Waals surface area contributed by atoms with Crippen molar-refractivity contribution in [2.45, 2.75) is 20.1 Å². The van der Waals surface area contributed by atoms with Crippen LogP contribution in [-0.4, -0.2) is 13.7 Å². The van der Waals surface area contributed by atoms with Crippen molar-refractivity contribution in [2.75, 3.05) is 17.7 Å². The predicted molar refractivity (Wildman–Crippen MR) is 73.0 cm³/mol. The number of hydrogen-bond acceptors (Lipinski definition) is 4. The fourth-order valence-corrected chi connectivity index (χ4v) is 1.96. The number of halogens is 3. The van der Waals surface area contributed by atoms with E-state index >= 15 is 0 Å². The van der Waals surface area contributed by atoms with Crippen LogP contribution in [0.3, 0.4) is 0 Å². The van der Waals surface area contributed by atoms with E-state index in [0.29, 0.717) is 18.0 Å². The molecule has 0 aliphatic carbocycles. The minimum atomic E-state index is -3.10. The van der Waals surface area contributed by atoms with Crippen molar-refractivity contribution < 1.29 is 22.3 Å². The lowest BCUT2D eigenvalue weighted by Gasteiger charge is -2.21. The third-order valence-corrected chi connectivity index (χ3v) is 2.90. The maximum absolute atomic E-state index is 13.5. The summed E-state index contributed by atoms with van der Waals surface area (Å²) < 4.78 is 47.5. The summed E-state index contributed by atoms with van der Waals surface area (Å²) in [6.07, 6.45) is 0.